The third-order valence-electron chi connectivity index (χ3n) is 3.60. The van der Waals surface area contributed by atoms with Gasteiger partial charge >= 0.3 is 5.97 Å². The molecule has 0 aromatic heterocycles. The van der Waals surface area contributed by atoms with Gasteiger partial charge in [0.1, 0.15) is 0 Å². The first kappa shape index (κ1) is 11.1. The van der Waals surface area contributed by atoms with Gasteiger partial charge in [-0.3, -0.25) is 4.79 Å². The van der Waals surface area contributed by atoms with E-state index in [0.29, 0.717) is 12.0 Å². The van der Waals surface area contributed by atoms with Crippen LogP contribution in [0.5, 0.6) is 0 Å². The van der Waals surface area contributed by atoms with E-state index in [1.54, 1.807) is 0 Å². The second kappa shape index (κ2) is 3.90. The minimum atomic E-state index is -0.535. The maximum absolute atomic E-state index is 11.7. The molecule has 1 aliphatic carbocycles. The first-order valence-corrected chi connectivity index (χ1v) is 5.33. The summed E-state index contributed by atoms with van der Waals surface area (Å²) >= 11 is 0. The Labute approximate surface area is 93.5 Å². The molecule has 0 spiro atoms. The number of carbonyl (C=O) groups is 2. The molecule has 3 unspecified atom stereocenters. The van der Waals surface area contributed by atoms with E-state index >= 15 is 0 Å². The summed E-state index contributed by atoms with van der Waals surface area (Å²) in [5, 5.41) is 12.3. The molecule has 0 aromatic rings. The van der Waals surface area contributed by atoms with E-state index in [1.165, 1.54) is 13.3 Å². The summed E-state index contributed by atoms with van der Waals surface area (Å²) in [6.07, 6.45) is 1.31. The van der Waals surface area contributed by atoms with E-state index in [9.17, 15) is 14.7 Å². The normalized spacial score (nSPS) is 37.4. The van der Waals surface area contributed by atoms with Crippen LogP contribution in [0, 0.1) is 17.8 Å². The molecule has 1 amide bonds. The summed E-state index contributed by atoms with van der Waals surface area (Å²) in [5.74, 6) is -1.23. The average molecular weight is 225 g/mol. The van der Waals surface area contributed by atoms with Crippen molar-refractivity contribution in [1.82, 2.24) is 5.32 Å². The molecule has 0 radical (unpaired) electrons. The summed E-state index contributed by atoms with van der Waals surface area (Å²) in [6.45, 7) is 1.83. The topological polar surface area (TPSA) is 75.6 Å². The van der Waals surface area contributed by atoms with E-state index < -0.39 is 12.1 Å². The zero-order valence-corrected chi connectivity index (χ0v) is 9.27. The Bertz CT molecular complexity index is 363. The number of esters is 1. The molecule has 0 aromatic carbocycles. The Morgan fingerprint density at radius 2 is 2.31 bits per heavy atom. The van der Waals surface area contributed by atoms with Gasteiger partial charge in [0, 0.05) is 12.1 Å². The van der Waals surface area contributed by atoms with Crippen LogP contribution in [0.4, 0.5) is 0 Å². The van der Waals surface area contributed by atoms with Crippen LogP contribution in [0.25, 0.3) is 0 Å². The minimum Gasteiger partial charge on any atom is -0.466 e. The average Bonchev–Trinajstić information content (AvgIpc) is 2.56. The van der Waals surface area contributed by atoms with Crippen LogP contribution in [-0.4, -0.2) is 30.2 Å². The molecular weight excluding hydrogens is 210 g/mol. The largest absolute Gasteiger partial charge is 0.466 e. The fraction of sp³-hybridized carbons (Fsp3) is 0.636. The van der Waals surface area contributed by atoms with Crippen LogP contribution in [0.15, 0.2) is 11.8 Å². The number of nitrogens with one attached hydrogen (secondary N) is 1. The van der Waals surface area contributed by atoms with Gasteiger partial charge in [-0.1, -0.05) is 6.92 Å². The van der Waals surface area contributed by atoms with Crippen LogP contribution in [0.2, 0.25) is 0 Å². The number of aliphatic hydroxyl groups is 1. The van der Waals surface area contributed by atoms with Gasteiger partial charge in [0.2, 0.25) is 5.91 Å². The molecule has 16 heavy (non-hydrogen) atoms. The molecule has 5 heteroatoms. The number of ether oxygens (including phenoxy) is 1. The predicted molar refractivity (Wildman–Crippen MR) is 55.0 cm³/mol. The number of hydrogen-bond donors (Lipinski definition) is 2. The van der Waals surface area contributed by atoms with Crippen molar-refractivity contribution in [3.05, 3.63) is 11.8 Å². The van der Waals surface area contributed by atoms with Crippen molar-refractivity contribution in [3.8, 4) is 0 Å². The number of carbonyl (C=O) groups excluding carboxylic acids is 2. The van der Waals surface area contributed by atoms with Gasteiger partial charge in [-0.25, -0.2) is 4.79 Å². The summed E-state index contributed by atoms with van der Waals surface area (Å²) in [4.78, 5) is 23.2. The van der Waals surface area contributed by atoms with Gasteiger partial charge in [0.25, 0.3) is 0 Å². The van der Waals surface area contributed by atoms with E-state index in [4.69, 9.17) is 0 Å². The molecule has 2 aliphatic rings. The third kappa shape index (κ3) is 1.51. The summed E-state index contributed by atoms with van der Waals surface area (Å²) in [5.41, 5.74) is 0.454. The molecule has 0 saturated heterocycles. The number of aliphatic hydroxyl groups excluding tert-OH is 1. The fourth-order valence-corrected chi connectivity index (χ4v) is 2.65. The van der Waals surface area contributed by atoms with Gasteiger partial charge in [0.05, 0.1) is 24.7 Å². The van der Waals surface area contributed by atoms with Crippen molar-refractivity contribution >= 4 is 11.9 Å². The lowest BCUT2D eigenvalue weighted by molar-refractivity contribution is -0.137. The lowest BCUT2D eigenvalue weighted by Crippen LogP contribution is -2.39. The van der Waals surface area contributed by atoms with Crippen molar-refractivity contribution in [2.24, 2.45) is 17.8 Å². The maximum Gasteiger partial charge on any atom is 0.335 e. The Morgan fingerprint density at radius 1 is 1.62 bits per heavy atom. The van der Waals surface area contributed by atoms with Crippen molar-refractivity contribution in [3.63, 3.8) is 0 Å². The van der Waals surface area contributed by atoms with Crippen LogP contribution in [0.1, 0.15) is 13.3 Å². The highest BCUT2D eigenvalue weighted by Gasteiger charge is 2.48. The lowest BCUT2D eigenvalue weighted by Gasteiger charge is -2.26. The molecular formula is C11H15NO4. The molecule has 2 rings (SSSR count). The van der Waals surface area contributed by atoms with Crippen molar-refractivity contribution in [2.45, 2.75) is 19.4 Å². The smallest absolute Gasteiger partial charge is 0.335 e. The molecule has 1 heterocycles. The quantitative estimate of drug-likeness (QED) is 0.606. The standard InChI is InChI=1S/C11H15NO4/c1-5-8(13)3-6-7(11(15)16-2)4-12-10(14)9(5)6/h4-6,8-9,13H,3H2,1-2H3,(H,12,14)/t5?,6-,8?,9?/m1/s1. The molecule has 0 bridgehead atoms. The van der Waals surface area contributed by atoms with Crippen molar-refractivity contribution < 1.29 is 19.4 Å². The third-order valence-corrected chi connectivity index (χ3v) is 3.60. The molecule has 1 saturated carbocycles. The molecule has 2 N–H and O–H groups in total. The maximum atomic E-state index is 11.7. The fourth-order valence-electron chi connectivity index (χ4n) is 2.65. The summed E-state index contributed by atoms with van der Waals surface area (Å²) in [6, 6.07) is 0. The van der Waals surface area contributed by atoms with E-state index in [-0.39, 0.29) is 23.7 Å². The van der Waals surface area contributed by atoms with E-state index in [0.717, 1.165) is 0 Å². The van der Waals surface area contributed by atoms with E-state index in [2.05, 4.69) is 10.1 Å². The van der Waals surface area contributed by atoms with Gasteiger partial charge in [-0.15, -0.1) is 0 Å². The Balaban J connectivity index is 2.31. The highest BCUT2D eigenvalue weighted by Crippen LogP contribution is 2.43. The van der Waals surface area contributed by atoms with Gasteiger partial charge in [0.15, 0.2) is 0 Å². The molecule has 1 fully saturated rings. The second-order valence-corrected chi connectivity index (χ2v) is 4.39. The Hall–Kier alpha value is -1.36. The van der Waals surface area contributed by atoms with Crippen molar-refractivity contribution in [2.75, 3.05) is 7.11 Å². The highest BCUT2D eigenvalue weighted by atomic mass is 16.5. The van der Waals surface area contributed by atoms with Crippen LogP contribution < -0.4 is 5.32 Å². The number of amides is 1. The van der Waals surface area contributed by atoms with E-state index in [1.807, 2.05) is 6.92 Å². The zero-order valence-electron chi connectivity index (χ0n) is 9.27. The monoisotopic (exact) mass is 225 g/mol. The van der Waals surface area contributed by atoms with Crippen LogP contribution >= 0.6 is 0 Å². The Morgan fingerprint density at radius 3 is 2.94 bits per heavy atom. The predicted octanol–water partition coefficient (Wildman–Crippen LogP) is -0.194. The zero-order chi connectivity index (χ0) is 11.9. The second-order valence-electron chi connectivity index (χ2n) is 4.39. The summed E-state index contributed by atoms with van der Waals surface area (Å²) < 4.78 is 4.66. The lowest BCUT2D eigenvalue weighted by atomic mass is 9.82. The van der Waals surface area contributed by atoms with Crippen molar-refractivity contribution in [1.29, 1.82) is 0 Å². The number of hydrogen-bond acceptors (Lipinski definition) is 4. The number of fused-ring (bicyclic) bond motifs is 1. The van der Waals surface area contributed by atoms with Gasteiger partial charge in [-0.2, -0.15) is 0 Å². The SMILES string of the molecule is COC(=O)C1=CNC(=O)C2C(C)C(O)C[C@H]12. The first-order chi connectivity index (χ1) is 7.56. The summed E-state index contributed by atoms with van der Waals surface area (Å²) in [7, 11) is 1.31. The van der Waals surface area contributed by atoms with Gasteiger partial charge < -0.3 is 15.2 Å². The van der Waals surface area contributed by atoms with Crippen LogP contribution in [-0.2, 0) is 14.3 Å². The Kier molecular flexibility index (Phi) is 2.71. The molecule has 4 atom stereocenters. The molecule has 1 aliphatic heterocycles. The van der Waals surface area contributed by atoms with Gasteiger partial charge in [-0.05, 0) is 12.3 Å². The number of rotatable bonds is 1. The minimum absolute atomic E-state index is 0.123. The highest BCUT2D eigenvalue weighted by molar-refractivity contribution is 5.94. The molecule has 5 nitrogen and oxygen atoms in total. The number of methoxy groups -OCH3 is 1. The van der Waals surface area contributed by atoms with Crippen LogP contribution in [0.3, 0.4) is 0 Å². The molecule has 88 valence electrons. The first-order valence-electron chi connectivity index (χ1n) is 5.33.